The van der Waals surface area contributed by atoms with Gasteiger partial charge in [0.05, 0.1) is 10.7 Å². The van der Waals surface area contributed by atoms with Gasteiger partial charge in [0.1, 0.15) is 0 Å². The summed E-state index contributed by atoms with van der Waals surface area (Å²) in [4.78, 5) is 4.15. The molecule has 1 aromatic carbocycles. The van der Waals surface area contributed by atoms with Crippen LogP contribution in [-0.4, -0.2) is 9.55 Å². The molecule has 0 atom stereocenters. The molecule has 1 aromatic heterocycles. The van der Waals surface area contributed by atoms with Gasteiger partial charge in [0, 0.05) is 24.5 Å². The monoisotopic (exact) mass is 255 g/mol. The van der Waals surface area contributed by atoms with Crippen molar-refractivity contribution in [2.24, 2.45) is 7.05 Å². The lowest BCUT2D eigenvalue weighted by molar-refractivity contribution is 0.924. The Morgan fingerprint density at radius 1 is 1.25 bits per heavy atom. The van der Waals surface area contributed by atoms with E-state index in [1.54, 1.807) is 12.3 Å². The van der Waals surface area contributed by atoms with Crippen molar-refractivity contribution in [2.75, 3.05) is 5.32 Å². The molecule has 1 heterocycles. The Morgan fingerprint density at radius 3 is 2.62 bits per heavy atom. The lowest BCUT2D eigenvalue weighted by Crippen LogP contribution is -1.99. The van der Waals surface area contributed by atoms with Gasteiger partial charge >= 0.3 is 0 Å². The summed E-state index contributed by atoms with van der Waals surface area (Å²) in [6.45, 7) is 1.92. The molecule has 0 radical (unpaired) electrons. The number of aromatic nitrogens is 2. The maximum absolute atomic E-state index is 6.11. The largest absolute Gasteiger partial charge is 0.324 e. The van der Waals surface area contributed by atoms with Crippen molar-refractivity contribution in [3.05, 3.63) is 40.1 Å². The lowest BCUT2D eigenvalue weighted by atomic mass is 10.2. The van der Waals surface area contributed by atoms with E-state index >= 15 is 0 Å². The summed E-state index contributed by atoms with van der Waals surface area (Å²) in [6, 6.07) is 3.63. The Bertz CT molecular complexity index is 520. The van der Waals surface area contributed by atoms with Crippen LogP contribution in [0.15, 0.2) is 24.5 Å². The molecular formula is C11H11Cl2N3. The van der Waals surface area contributed by atoms with E-state index in [1.165, 1.54) is 0 Å². The van der Waals surface area contributed by atoms with Crippen molar-refractivity contribution in [3.63, 3.8) is 0 Å². The fourth-order valence-corrected chi connectivity index (χ4v) is 1.78. The first kappa shape index (κ1) is 11.3. The molecule has 0 saturated carbocycles. The average molecular weight is 256 g/mol. The number of hydrogen-bond acceptors (Lipinski definition) is 2. The summed E-state index contributed by atoms with van der Waals surface area (Å²) < 4.78 is 1.87. The first-order valence-corrected chi connectivity index (χ1v) is 5.53. The maximum atomic E-state index is 6.11. The minimum atomic E-state index is 0.630. The van der Waals surface area contributed by atoms with Crippen LogP contribution in [0.5, 0.6) is 0 Å². The number of imidazole rings is 1. The first-order chi connectivity index (χ1) is 7.58. The molecule has 0 aliphatic carbocycles. The second-order valence-corrected chi connectivity index (χ2v) is 4.38. The lowest BCUT2D eigenvalue weighted by Gasteiger charge is -2.09. The Kier molecular flexibility index (Phi) is 3.08. The van der Waals surface area contributed by atoms with E-state index in [0.717, 1.165) is 17.2 Å². The molecular weight excluding hydrogens is 245 g/mol. The smallest absolute Gasteiger partial charge is 0.207 e. The van der Waals surface area contributed by atoms with Gasteiger partial charge in [0.25, 0.3) is 0 Å². The highest BCUT2D eigenvalue weighted by atomic mass is 35.5. The van der Waals surface area contributed by atoms with Crippen molar-refractivity contribution < 1.29 is 0 Å². The number of anilines is 2. The summed E-state index contributed by atoms with van der Waals surface area (Å²) in [7, 11) is 1.90. The van der Waals surface area contributed by atoms with E-state index in [9.17, 15) is 0 Å². The predicted molar refractivity (Wildman–Crippen MR) is 67.7 cm³/mol. The number of nitrogens with one attached hydrogen (secondary N) is 1. The molecule has 0 unspecified atom stereocenters. The Hall–Kier alpha value is -1.19. The van der Waals surface area contributed by atoms with Crippen molar-refractivity contribution in [3.8, 4) is 0 Å². The highest BCUT2D eigenvalue weighted by Crippen LogP contribution is 2.30. The van der Waals surface area contributed by atoms with Gasteiger partial charge in [-0.1, -0.05) is 23.2 Å². The first-order valence-electron chi connectivity index (χ1n) is 4.78. The SMILES string of the molecule is Cc1cc(Cl)c(Nc2nccn2C)cc1Cl. The molecule has 2 rings (SSSR count). The molecule has 0 aliphatic heterocycles. The molecule has 16 heavy (non-hydrogen) atoms. The minimum absolute atomic E-state index is 0.630. The predicted octanol–water partition coefficient (Wildman–Crippen LogP) is 3.78. The van der Waals surface area contributed by atoms with Crippen LogP contribution >= 0.6 is 23.2 Å². The van der Waals surface area contributed by atoms with Crippen LogP contribution in [0.4, 0.5) is 11.6 Å². The van der Waals surface area contributed by atoms with Crippen molar-refractivity contribution in [1.29, 1.82) is 0 Å². The second kappa shape index (κ2) is 4.36. The van der Waals surface area contributed by atoms with Gasteiger partial charge in [-0.2, -0.15) is 0 Å². The summed E-state index contributed by atoms with van der Waals surface area (Å²) >= 11 is 12.2. The number of aryl methyl sites for hydroxylation is 2. The Labute approximate surface area is 104 Å². The fraction of sp³-hybridized carbons (Fsp3) is 0.182. The van der Waals surface area contributed by atoms with Crippen molar-refractivity contribution >= 4 is 34.8 Å². The van der Waals surface area contributed by atoms with Crippen LogP contribution in [0, 0.1) is 6.92 Å². The van der Waals surface area contributed by atoms with E-state index in [0.29, 0.717) is 10.0 Å². The highest BCUT2D eigenvalue weighted by molar-refractivity contribution is 6.35. The molecule has 0 amide bonds. The van der Waals surface area contributed by atoms with Gasteiger partial charge in [-0.05, 0) is 24.6 Å². The molecule has 0 spiro atoms. The van der Waals surface area contributed by atoms with Gasteiger partial charge in [0.2, 0.25) is 5.95 Å². The molecule has 1 N–H and O–H groups in total. The quantitative estimate of drug-likeness (QED) is 0.886. The zero-order valence-electron chi connectivity index (χ0n) is 8.96. The van der Waals surface area contributed by atoms with Crippen LogP contribution in [-0.2, 0) is 7.05 Å². The van der Waals surface area contributed by atoms with Crippen molar-refractivity contribution in [1.82, 2.24) is 9.55 Å². The van der Waals surface area contributed by atoms with Crippen LogP contribution in [0.25, 0.3) is 0 Å². The minimum Gasteiger partial charge on any atom is -0.324 e. The zero-order valence-corrected chi connectivity index (χ0v) is 10.5. The third-order valence-electron chi connectivity index (χ3n) is 2.32. The van der Waals surface area contributed by atoms with E-state index in [-0.39, 0.29) is 0 Å². The molecule has 0 aliphatic rings. The van der Waals surface area contributed by atoms with Crippen LogP contribution < -0.4 is 5.32 Å². The summed E-state index contributed by atoms with van der Waals surface area (Å²) in [6.07, 6.45) is 3.57. The maximum Gasteiger partial charge on any atom is 0.207 e. The van der Waals surface area contributed by atoms with Crippen molar-refractivity contribution in [2.45, 2.75) is 6.92 Å². The highest BCUT2D eigenvalue weighted by Gasteiger charge is 2.06. The van der Waals surface area contributed by atoms with Crippen LogP contribution in [0.2, 0.25) is 10.0 Å². The normalized spacial score (nSPS) is 10.5. The third-order valence-corrected chi connectivity index (χ3v) is 3.04. The summed E-state index contributed by atoms with van der Waals surface area (Å²) in [5.41, 5.74) is 1.71. The summed E-state index contributed by atoms with van der Waals surface area (Å²) in [5.74, 6) is 0.724. The molecule has 5 heteroatoms. The van der Waals surface area contributed by atoms with Crippen LogP contribution in [0.3, 0.4) is 0 Å². The van der Waals surface area contributed by atoms with E-state index in [1.807, 2.05) is 30.8 Å². The number of benzene rings is 1. The molecule has 0 saturated heterocycles. The number of rotatable bonds is 2. The number of hydrogen-bond donors (Lipinski definition) is 1. The number of nitrogens with zero attached hydrogens (tertiary/aromatic N) is 2. The van der Waals surface area contributed by atoms with E-state index < -0.39 is 0 Å². The van der Waals surface area contributed by atoms with Crippen LogP contribution in [0.1, 0.15) is 5.56 Å². The second-order valence-electron chi connectivity index (χ2n) is 3.57. The topological polar surface area (TPSA) is 29.9 Å². The zero-order chi connectivity index (χ0) is 11.7. The van der Waals surface area contributed by atoms with Gasteiger partial charge in [0.15, 0.2) is 0 Å². The molecule has 84 valence electrons. The molecule has 0 fully saturated rings. The van der Waals surface area contributed by atoms with Gasteiger partial charge in [-0.15, -0.1) is 0 Å². The van der Waals surface area contributed by atoms with Gasteiger partial charge in [-0.25, -0.2) is 4.98 Å². The Morgan fingerprint density at radius 2 is 2.00 bits per heavy atom. The Balaban J connectivity index is 2.35. The van der Waals surface area contributed by atoms with Gasteiger partial charge in [-0.3, -0.25) is 0 Å². The number of halogens is 2. The molecule has 2 aromatic rings. The third kappa shape index (κ3) is 2.15. The van der Waals surface area contributed by atoms with E-state index in [4.69, 9.17) is 23.2 Å². The van der Waals surface area contributed by atoms with E-state index in [2.05, 4.69) is 10.3 Å². The fourth-order valence-electron chi connectivity index (χ4n) is 1.35. The summed E-state index contributed by atoms with van der Waals surface area (Å²) in [5, 5.41) is 4.44. The average Bonchev–Trinajstić information content (AvgIpc) is 2.61. The molecule has 3 nitrogen and oxygen atoms in total. The van der Waals surface area contributed by atoms with Gasteiger partial charge < -0.3 is 9.88 Å². The molecule has 0 bridgehead atoms. The standard InChI is InChI=1S/C11H11Cl2N3/c1-7-5-9(13)10(6-8(7)12)15-11-14-3-4-16(11)2/h3-6H,1-2H3,(H,14,15).